The van der Waals surface area contributed by atoms with Crippen LogP contribution in [0.25, 0.3) is 53.9 Å². The van der Waals surface area contributed by atoms with Gasteiger partial charge in [0.15, 0.2) is 17.2 Å². The van der Waals surface area contributed by atoms with E-state index in [0.717, 1.165) is 36.4 Å². The lowest BCUT2D eigenvalue weighted by molar-refractivity contribution is 0.472. The molecular weight excluding hydrogens is 1420 g/mol. The maximum atomic E-state index is 12.7. The summed E-state index contributed by atoms with van der Waals surface area (Å²) in [7, 11) is -34.5. The molecule has 0 saturated carbocycles. The number of nitrogens with zero attached hydrogens (tertiary/aromatic N) is 8. The number of fused-ring (bicyclic) bond motifs is 5. The molecule has 10 aromatic rings. The van der Waals surface area contributed by atoms with Crippen molar-refractivity contribution in [3.63, 3.8) is 0 Å². The van der Waals surface area contributed by atoms with Gasteiger partial charge in [-0.25, -0.2) is 0 Å². The van der Waals surface area contributed by atoms with Crippen LogP contribution in [-0.4, -0.2) is 118 Å². The Morgan fingerprint density at radius 3 is 1.34 bits per heavy atom. The number of nitrogen functional groups attached to an aromatic ring is 1. The van der Waals surface area contributed by atoms with Gasteiger partial charge < -0.3 is 21.1 Å². The first-order valence-corrected chi connectivity index (χ1v) is 34.4. The molecule has 10 aromatic carbocycles. The Morgan fingerprint density at radius 2 is 0.745 bits per heavy atom. The van der Waals surface area contributed by atoms with Crippen molar-refractivity contribution in [1.82, 2.24) is 0 Å². The minimum atomic E-state index is -5.24. The van der Waals surface area contributed by atoms with Crippen LogP contribution in [0.2, 0.25) is 0 Å². The van der Waals surface area contributed by atoms with Gasteiger partial charge in [0.1, 0.15) is 58.6 Å². The van der Waals surface area contributed by atoms with Crippen LogP contribution in [0, 0.1) is 0 Å². The zero-order valence-electron chi connectivity index (χ0n) is 45.5. The molecular formula is C50H33N9O27S8. The number of anilines is 1. The normalized spacial score (nSPS) is 12.3. The molecule has 0 radical (unpaired) electrons. The summed E-state index contributed by atoms with van der Waals surface area (Å²) in [6, 6.07) is 29.1. The SMILES string of the molecule is Nc1c(N=Nc2ccc3c(O)c(N=Nc4ccc5ccccc5c4S(=O)(=O)O)c(S(=O)(=O)O)cc3c2)c(S(=O)(=O)O)cc2ccc(N=Nc3ccc4ccc(N=Nc5cc6c(S(=O)(=O)O)cccc6cc5S(=O)(=O)O)c(O)c4c3)c(O)c12.O=S(=O)=O.O=S(=O)=O.O=S(=O)=O. The molecule has 0 aliphatic rings. The van der Waals surface area contributed by atoms with Crippen molar-refractivity contribution in [3.05, 3.63) is 140 Å². The van der Waals surface area contributed by atoms with Gasteiger partial charge in [-0.15, -0.1) is 68.6 Å². The summed E-state index contributed by atoms with van der Waals surface area (Å²) in [5.74, 6) is -2.07. The van der Waals surface area contributed by atoms with Crippen molar-refractivity contribution in [2.75, 3.05) is 5.73 Å². The molecule has 0 aliphatic carbocycles. The number of aromatic hydroxyl groups is 3. The van der Waals surface area contributed by atoms with Crippen LogP contribution >= 0.6 is 0 Å². The van der Waals surface area contributed by atoms with E-state index in [1.807, 2.05) is 0 Å². The molecule has 488 valence electrons. The fourth-order valence-electron chi connectivity index (χ4n) is 8.74. The van der Waals surface area contributed by atoms with Gasteiger partial charge in [-0.05, 0) is 106 Å². The third-order valence-corrected chi connectivity index (χ3v) is 16.9. The minimum Gasteiger partial charge on any atom is -0.505 e. The smallest absolute Gasteiger partial charge is 0.425 e. The lowest BCUT2D eigenvalue weighted by Gasteiger charge is -2.12. The van der Waals surface area contributed by atoms with Gasteiger partial charge >= 0.3 is 31.8 Å². The Hall–Kier alpha value is -10.5. The molecule has 0 fully saturated rings. The molecule has 0 aromatic heterocycles. The van der Waals surface area contributed by atoms with Gasteiger partial charge in [0.25, 0.3) is 50.6 Å². The Morgan fingerprint density at radius 1 is 0.309 bits per heavy atom. The Kier molecular flexibility index (Phi) is 21.0. The first-order valence-electron chi connectivity index (χ1n) is 24.2. The van der Waals surface area contributed by atoms with Crippen molar-refractivity contribution < 1.29 is 118 Å². The van der Waals surface area contributed by atoms with Gasteiger partial charge in [0, 0.05) is 21.5 Å². The number of hydrogen-bond acceptors (Lipinski definition) is 31. The summed E-state index contributed by atoms with van der Waals surface area (Å²) >= 11 is 0. The third kappa shape index (κ3) is 16.8. The minimum absolute atomic E-state index is 0.00519. The Bertz CT molecular complexity index is 5900. The molecule has 0 bridgehead atoms. The Labute approximate surface area is 530 Å². The van der Waals surface area contributed by atoms with Gasteiger partial charge in [-0.2, -0.15) is 52.3 Å². The Balaban J connectivity index is 0.000000960. The summed E-state index contributed by atoms with van der Waals surface area (Å²) in [5.41, 5.74) is 2.72. The largest absolute Gasteiger partial charge is 0.505 e. The van der Waals surface area contributed by atoms with E-state index in [9.17, 15) is 80.2 Å². The summed E-state index contributed by atoms with van der Waals surface area (Å²) in [5, 5.41) is 66.0. The molecule has 0 unspecified atom stereocenters. The van der Waals surface area contributed by atoms with Crippen molar-refractivity contribution >= 4 is 187 Å². The molecule has 10 N–H and O–H groups in total. The van der Waals surface area contributed by atoms with Crippen molar-refractivity contribution in [1.29, 1.82) is 0 Å². The van der Waals surface area contributed by atoms with Gasteiger partial charge in [0.2, 0.25) is 0 Å². The predicted molar refractivity (Wildman–Crippen MR) is 324 cm³/mol. The van der Waals surface area contributed by atoms with Gasteiger partial charge in [-0.3, -0.25) is 22.8 Å². The molecule has 0 aliphatic heterocycles. The number of benzene rings is 10. The number of phenolic OH excluding ortho intramolecular Hbond substituents is 3. The zero-order valence-corrected chi connectivity index (χ0v) is 52.1. The van der Waals surface area contributed by atoms with Crippen LogP contribution < -0.4 is 5.73 Å². The second-order valence-corrected chi connectivity index (χ2v) is 26.3. The highest BCUT2D eigenvalue weighted by atomic mass is 32.2. The highest BCUT2D eigenvalue weighted by molar-refractivity contribution is 7.87. The molecule has 0 amide bonds. The van der Waals surface area contributed by atoms with Gasteiger partial charge in [0.05, 0.1) is 22.4 Å². The summed E-state index contributed by atoms with van der Waals surface area (Å²) in [6.45, 7) is 0. The molecule has 0 spiro atoms. The lowest BCUT2D eigenvalue weighted by atomic mass is 10.1. The second-order valence-electron chi connectivity index (χ2n) is 18.2. The van der Waals surface area contributed by atoms with Crippen LogP contribution in [-0.2, 0) is 82.4 Å². The highest BCUT2D eigenvalue weighted by Crippen LogP contribution is 2.48. The lowest BCUT2D eigenvalue weighted by Crippen LogP contribution is -2.01. The molecule has 10 rings (SSSR count). The number of rotatable bonds is 13. The zero-order chi connectivity index (χ0) is 69.7. The molecule has 0 atom stereocenters. The first kappa shape index (κ1) is 71.0. The molecule has 44 heteroatoms. The van der Waals surface area contributed by atoms with Crippen molar-refractivity contribution in [2.24, 2.45) is 40.9 Å². The van der Waals surface area contributed by atoms with Crippen molar-refractivity contribution in [3.8, 4) is 17.2 Å². The van der Waals surface area contributed by atoms with Crippen LogP contribution in [0.3, 0.4) is 0 Å². The molecule has 94 heavy (non-hydrogen) atoms. The van der Waals surface area contributed by atoms with E-state index in [2.05, 4.69) is 40.9 Å². The third-order valence-electron chi connectivity index (χ3n) is 12.4. The quantitative estimate of drug-likeness (QED) is 0.0295. The number of nitrogens with two attached hydrogens (primary N) is 1. The average molecular weight is 1450 g/mol. The van der Waals surface area contributed by atoms with Crippen LogP contribution in [0.4, 0.5) is 51.2 Å². The number of phenols is 3. The second kappa shape index (κ2) is 27.8. The first-order chi connectivity index (χ1) is 43.7. The number of azo groups is 4. The monoisotopic (exact) mass is 1450 g/mol. The van der Waals surface area contributed by atoms with Gasteiger partial charge in [-0.1, -0.05) is 60.7 Å². The van der Waals surface area contributed by atoms with E-state index < -0.39 is 153 Å². The van der Waals surface area contributed by atoms with E-state index in [-0.39, 0.29) is 65.8 Å². The van der Waals surface area contributed by atoms with Crippen molar-refractivity contribution in [2.45, 2.75) is 24.5 Å². The summed E-state index contributed by atoms with van der Waals surface area (Å²) in [6.07, 6.45) is 0. The van der Waals surface area contributed by atoms with Crippen LogP contribution in [0.5, 0.6) is 17.2 Å². The maximum Gasteiger partial charge on any atom is 0.425 e. The van der Waals surface area contributed by atoms with Crippen LogP contribution in [0.15, 0.2) is 205 Å². The number of hydrogen-bond donors (Lipinski definition) is 9. The topological polar surface area (TPSA) is 611 Å². The van der Waals surface area contributed by atoms with Crippen LogP contribution in [0.1, 0.15) is 0 Å². The fourth-order valence-corrected chi connectivity index (χ4v) is 12.3. The molecule has 0 saturated heterocycles. The fraction of sp³-hybridized carbons (Fsp3) is 0. The highest BCUT2D eigenvalue weighted by Gasteiger charge is 2.27. The summed E-state index contributed by atoms with van der Waals surface area (Å²) in [4.78, 5) is -3.94. The van der Waals surface area contributed by atoms with E-state index >= 15 is 0 Å². The van der Waals surface area contributed by atoms with E-state index in [0.29, 0.717) is 10.8 Å². The van der Waals surface area contributed by atoms with E-state index in [4.69, 9.17) is 43.6 Å². The maximum absolute atomic E-state index is 12.7. The van der Waals surface area contributed by atoms with E-state index in [1.54, 1.807) is 12.1 Å². The predicted octanol–water partition coefficient (Wildman–Crippen LogP) is 9.03. The average Bonchev–Trinajstić information content (AvgIpc) is 0.787. The molecule has 0 heterocycles. The van der Waals surface area contributed by atoms with E-state index in [1.165, 1.54) is 91.0 Å². The summed E-state index contributed by atoms with van der Waals surface area (Å²) < 4.78 is 251. The molecule has 36 nitrogen and oxygen atoms in total. The standard InChI is InChI=1S/C50H33N9O18S5.3O3S/c51-44-43-27(11-16-36(49(43)62)54-52-30-12-8-25-9-15-35(47(60)34(25)22-30)55-57-38-23-33-26(19-40(38)79(66,67)68)5-3-7-39(33)78(63,64)65)20-41(80(69,70)71)45(44)58-53-29-13-14-31-28(18-29)21-42(81(72,73)74)46(48(31)61)59-56-37-17-10-24-4-1-2-6-32(24)50(37)82(75,76)77;3*1-4(2)3/h1-23,60-62H,51H2,(H,63,64,65)(H,66,67,68)(H,69,70,71)(H,72,73,74)(H,75,76,77);;;.